The van der Waals surface area contributed by atoms with Crippen molar-refractivity contribution < 1.29 is 9.53 Å². The van der Waals surface area contributed by atoms with Crippen LogP contribution in [0.1, 0.15) is 28.0 Å². The van der Waals surface area contributed by atoms with E-state index in [4.69, 9.17) is 27.9 Å². The molecule has 0 saturated heterocycles. The van der Waals surface area contributed by atoms with Crippen LogP contribution in [0, 0.1) is 6.92 Å². The molecule has 0 unspecified atom stereocenters. The normalized spacial score (nSPS) is 10.7. The number of aryl methyl sites for hydroxylation is 2. The predicted octanol–water partition coefficient (Wildman–Crippen LogP) is 4.90. The van der Waals surface area contributed by atoms with Gasteiger partial charge in [0.2, 0.25) is 0 Å². The third-order valence-electron chi connectivity index (χ3n) is 4.13. The molecular weight excluding hydrogens is 397 g/mol. The molecule has 0 aliphatic heterocycles. The lowest BCUT2D eigenvalue weighted by atomic mass is 10.1. The molecule has 3 aromatic rings. The van der Waals surface area contributed by atoms with Crippen LogP contribution < -0.4 is 10.1 Å². The van der Waals surface area contributed by atoms with Gasteiger partial charge in [-0.05, 0) is 55.3 Å². The monoisotopic (exact) mass is 417 g/mol. The van der Waals surface area contributed by atoms with Crippen molar-refractivity contribution in [2.75, 3.05) is 6.54 Å². The summed E-state index contributed by atoms with van der Waals surface area (Å²) in [5, 5.41) is 8.28. The third kappa shape index (κ3) is 5.75. The highest BCUT2D eigenvalue weighted by molar-refractivity contribution is 6.35. The Morgan fingerprint density at radius 2 is 1.93 bits per heavy atom. The van der Waals surface area contributed by atoms with E-state index in [-0.39, 0.29) is 5.91 Å². The van der Waals surface area contributed by atoms with E-state index in [9.17, 15) is 4.79 Å². The number of amides is 1. The van der Waals surface area contributed by atoms with Crippen LogP contribution in [-0.4, -0.2) is 22.2 Å². The summed E-state index contributed by atoms with van der Waals surface area (Å²) >= 11 is 12.0. The maximum atomic E-state index is 12.2. The van der Waals surface area contributed by atoms with Gasteiger partial charge in [-0.2, -0.15) is 5.10 Å². The summed E-state index contributed by atoms with van der Waals surface area (Å²) < 4.78 is 7.58. The second-order valence-corrected chi connectivity index (χ2v) is 7.23. The Morgan fingerprint density at radius 3 is 2.61 bits per heavy atom. The van der Waals surface area contributed by atoms with Gasteiger partial charge < -0.3 is 10.1 Å². The number of nitrogens with one attached hydrogen (secondary N) is 1. The fraction of sp³-hybridized carbons (Fsp3) is 0.238. The van der Waals surface area contributed by atoms with Crippen LogP contribution >= 0.6 is 23.2 Å². The van der Waals surface area contributed by atoms with Crippen LogP contribution in [-0.2, 0) is 13.2 Å². The Bertz CT molecular complexity index is 939. The molecule has 0 aliphatic carbocycles. The Labute approximate surface area is 174 Å². The summed E-state index contributed by atoms with van der Waals surface area (Å²) in [6, 6.07) is 14.4. The molecule has 1 aromatic heterocycles. The minimum Gasteiger partial charge on any atom is -0.487 e. The lowest BCUT2D eigenvalue weighted by Crippen LogP contribution is -2.25. The molecule has 1 heterocycles. The van der Waals surface area contributed by atoms with Crippen molar-refractivity contribution in [3.05, 3.63) is 81.6 Å². The van der Waals surface area contributed by atoms with Gasteiger partial charge in [0.1, 0.15) is 12.4 Å². The molecule has 0 spiro atoms. The Morgan fingerprint density at radius 1 is 1.14 bits per heavy atom. The van der Waals surface area contributed by atoms with E-state index in [2.05, 4.69) is 10.4 Å². The number of aromatic nitrogens is 2. The predicted molar refractivity (Wildman–Crippen MR) is 111 cm³/mol. The zero-order valence-corrected chi connectivity index (χ0v) is 17.0. The third-order valence-corrected chi connectivity index (χ3v) is 4.66. The summed E-state index contributed by atoms with van der Waals surface area (Å²) in [5.41, 5.74) is 2.55. The van der Waals surface area contributed by atoms with Gasteiger partial charge in [-0.15, -0.1) is 0 Å². The summed E-state index contributed by atoms with van der Waals surface area (Å²) in [5.74, 6) is 0.477. The Kier molecular flexibility index (Phi) is 6.95. The minimum atomic E-state index is -0.0927. The average molecular weight is 418 g/mol. The second-order valence-electron chi connectivity index (χ2n) is 6.39. The van der Waals surface area contributed by atoms with E-state index >= 15 is 0 Å². The van der Waals surface area contributed by atoms with Crippen LogP contribution in [0.4, 0.5) is 0 Å². The van der Waals surface area contributed by atoms with Crippen LogP contribution in [0.25, 0.3) is 0 Å². The molecule has 2 aromatic carbocycles. The molecule has 1 amide bonds. The molecule has 0 bridgehead atoms. The first-order chi connectivity index (χ1) is 13.5. The lowest BCUT2D eigenvalue weighted by Gasteiger charge is -2.09. The van der Waals surface area contributed by atoms with E-state index in [1.807, 2.05) is 36.0 Å². The van der Waals surface area contributed by atoms with E-state index in [0.29, 0.717) is 34.5 Å². The van der Waals surface area contributed by atoms with Gasteiger partial charge in [-0.1, -0.05) is 35.3 Å². The number of ether oxygens (including phenoxy) is 1. The lowest BCUT2D eigenvalue weighted by molar-refractivity contribution is 0.0952. The summed E-state index contributed by atoms with van der Waals surface area (Å²) in [6.07, 6.45) is 2.76. The molecule has 0 aliphatic rings. The zero-order valence-electron chi connectivity index (χ0n) is 15.5. The van der Waals surface area contributed by atoms with Gasteiger partial charge in [0.25, 0.3) is 5.91 Å². The van der Waals surface area contributed by atoms with Gasteiger partial charge in [0, 0.05) is 29.9 Å². The van der Waals surface area contributed by atoms with Crippen LogP contribution in [0.15, 0.2) is 54.7 Å². The van der Waals surface area contributed by atoms with Gasteiger partial charge in [0.05, 0.1) is 10.7 Å². The number of carbonyl (C=O) groups is 1. The summed E-state index contributed by atoms with van der Waals surface area (Å²) in [7, 11) is 0. The molecule has 7 heteroatoms. The van der Waals surface area contributed by atoms with Crippen LogP contribution in [0.2, 0.25) is 10.0 Å². The highest BCUT2D eigenvalue weighted by atomic mass is 35.5. The maximum Gasteiger partial charge on any atom is 0.251 e. The van der Waals surface area contributed by atoms with Crippen LogP contribution in [0.3, 0.4) is 0 Å². The standard InChI is InChI=1S/C21H21Cl2N3O2/c1-15-9-12-26(25-15)11-2-10-24-21(27)17-5-3-16(4-6-17)14-28-20-8-7-18(22)13-19(20)23/h3-9,12-13H,2,10-11,14H2,1H3,(H,24,27). The van der Waals surface area contributed by atoms with Crippen molar-refractivity contribution in [3.63, 3.8) is 0 Å². The van der Waals surface area contributed by atoms with E-state index in [1.165, 1.54) is 0 Å². The van der Waals surface area contributed by atoms with Crippen molar-refractivity contribution in [1.82, 2.24) is 15.1 Å². The van der Waals surface area contributed by atoms with E-state index < -0.39 is 0 Å². The molecule has 0 atom stereocenters. The molecule has 3 rings (SSSR count). The summed E-state index contributed by atoms with van der Waals surface area (Å²) in [6.45, 7) is 3.68. The number of nitrogens with zero attached hydrogens (tertiary/aromatic N) is 2. The zero-order chi connectivity index (χ0) is 19.9. The fourth-order valence-electron chi connectivity index (χ4n) is 2.64. The number of hydrogen-bond donors (Lipinski definition) is 1. The Balaban J connectivity index is 1.44. The molecule has 0 radical (unpaired) electrons. The molecular formula is C21H21Cl2N3O2. The number of rotatable bonds is 8. The first-order valence-corrected chi connectivity index (χ1v) is 9.72. The first-order valence-electron chi connectivity index (χ1n) is 8.96. The topological polar surface area (TPSA) is 56.2 Å². The van der Waals surface area contributed by atoms with Crippen molar-refractivity contribution in [3.8, 4) is 5.75 Å². The minimum absolute atomic E-state index is 0.0927. The van der Waals surface area contributed by atoms with Gasteiger partial charge in [-0.3, -0.25) is 9.48 Å². The number of benzene rings is 2. The maximum absolute atomic E-state index is 12.2. The summed E-state index contributed by atoms with van der Waals surface area (Å²) in [4.78, 5) is 12.2. The van der Waals surface area contributed by atoms with E-state index in [1.54, 1.807) is 30.3 Å². The quantitative estimate of drug-likeness (QED) is 0.530. The largest absolute Gasteiger partial charge is 0.487 e. The number of hydrogen-bond acceptors (Lipinski definition) is 3. The van der Waals surface area contributed by atoms with Crippen molar-refractivity contribution in [1.29, 1.82) is 0 Å². The SMILES string of the molecule is Cc1ccn(CCCNC(=O)c2ccc(COc3ccc(Cl)cc3Cl)cc2)n1. The van der Waals surface area contributed by atoms with Crippen LogP contribution in [0.5, 0.6) is 5.75 Å². The molecule has 0 fully saturated rings. The van der Waals surface area contributed by atoms with Gasteiger partial charge >= 0.3 is 0 Å². The van der Waals surface area contributed by atoms with Gasteiger partial charge in [0.15, 0.2) is 0 Å². The smallest absolute Gasteiger partial charge is 0.251 e. The van der Waals surface area contributed by atoms with Crippen molar-refractivity contribution >= 4 is 29.1 Å². The Hall–Kier alpha value is -2.50. The highest BCUT2D eigenvalue weighted by Crippen LogP contribution is 2.28. The first kappa shape index (κ1) is 20.2. The van der Waals surface area contributed by atoms with Gasteiger partial charge in [-0.25, -0.2) is 0 Å². The molecule has 0 saturated carbocycles. The molecule has 5 nitrogen and oxygen atoms in total. The highest BCUT2D eigenvalue weighted by Gasteiger charge is 2.06. The number of carbonyl (C=O) groups excluding carboxylic acids is 1. The van der Waals surface area contributed by atoms with Crippen molar-refractivity contribution in [2.24, 2.45) is 0 Å². The van der Waals surface area contributed by atoms with Crippen molar-refractivity contribution in [2.45, 2.75) is 26.5 Å². The molecule has 1 N–H and O–H groups in total. The molecule has 146 valence electrons. The average Bonchev–Trinajstić information content (AvgIpc) is 3.10. The number of halogens is 2. The van der Waals surface area contributed by atoms with E-state index in [0.717, 1.165) is 24.2 Å². The molecule has 28 heavy (non-hydrogen) atoms. The second kappa shape index (κ2) is 9.62. The fourth-order valence-corrected chi connectivity index (χ4v) is 3.10.